The summed E-state index contributed by atoms with van der Waals surface area (Å²) in [5.74, 6) is 0.0862. The van der Waals surface area contributed by atoms with Crippen LogP contribution in [0.3, 0.4) is 0 Å². The van der Waals surface area contributed by atoms with Gasteiger partial charge in [0.05, 0.1) is 12.4 Å². The first kappa shape index (κ1) is 10.3. The van der Waals surface area contributed by atoms with Crippen LogP contribution in [0.25, 0.3) is 0 Å². The summed E-state index contributed by atoms with van der Waals surface area (Å²) >= 11 is 0. The second kappa shape index (κ2) is 4.53. The summed E-state index contributed by atoms with van der Waals surface area (Å²) in [5.41, 5.74) is 5.80. The van der Waals surface area contributed by atoms with Gasteiger partial charge in [0.15, 0.2) is 5.82 Å². The zero-order valence-electron chi connectivity index (χ0n) is 8.49. The van der Waals surface area contributed by atoms with Gasteiger partial charge in [-0.1, -0.05) is 0 Å². The van der Waals surface area contributed by atoms with Crippen LogP contribution in [0.4, 0.5) is 10.3 Å². The molecule has 0 bridgehead atoms. The van der Waals surface area contributed by atoms with E-state index in [1.54, 1.807) is 0 Å². The van der Waals surface area contributed by atoms with Crippen LogP contribution >= 0.6 is 0 Å². The van der Waals surface area contributed by atoms with Crippen molar-refractivity contribution in [2.75, 3.05) is 5.32 Å². The van der Waals surface area contributed by atoms with Gasteiger partial charge in [0.1, 0.15) is 0 Å². The number of anilines is 1. The van der Waals surface area contributed by atoms with Crippen LogP contribution in [0.2, 0.25) is 0 Å². The summed E-state index contributed by atoms with van der Waals surface area (Å²) in [5, 5.41) is 3.18. The molecule has 15 heavy (non-hydrogen) atoms. The van der Waals surface area contributed by atoms with Crippen LogP contribution in [0.1, 0.15) is 25.7 Å². The third-order valence-corrected chi connectivity index (χ3v) is 2.73. The number of hydrogen-bond donors (Lipinski definition) is 2. The summed E-state index contributed by atoms with van der Waals surface area (Å²) in [4.78, 5) is 7.73. The summed E-state index contributed by atoms with van der Waals surface area (Å²) in [7, 11) is 0. The van der Waals surface area contributed by atoms with Crippen LogP contribution < -0.4 is 11.1 Å². The number of aromatic nitrogens is 2. The van der Waals surface area contributed by atoms with Crippen molar-refractivity contribution in [1.29, 1.82) is 0 Å². The standard InChI is InChI=1S/C10H15FN4/c11-7-5-13-10(14-6-7)15-9-3-1-8(12)2-4-9/h5-6,8-9H,1-4,12H2,(H,13,14,15)/t8-,9-. The van der Waals surface area contributed by atoms with Crippen molar-refractivity contribution in [2.45, 2.75) is 37.8 Å². The average Bonchev–Trinajstić information content (AvgIpc) is 2.25. The molecule has 0 amide bonds. The lowest BCUT2D eigenvalue weighted by Gasteiger charge is -2.26. The normalized spacial score (nSPS) is 26.3. The Bertz CT molecular complexity index is 306. The van der Waals surface area contributed by atoms with Gasteiger partial charge < -0.3 is 11.1 Å². The Hall–Kier alpha value is -1.23. The zero-order chi connectivity index (χ0) is 10.7. The van der Waals surface area contributed by atoms with E-state index in [0.29, 0.717) is 18.0 Å². The summed E-state index contributed by atoms with van der Waals surface area (Å²) in [6, 6.07) is 0.701. The Labute approximate surface area is 88.1 Å². The van der Waals surface area contributed by atoms with E-state index in [1.807, 2.05) is 0 Å². The van der Waals surface area contributed by atoms with E-state index in [1.165, 1.54) is 12.4 Å². The predicted octanol–water partition coefficient (Wildman–Crippen LogP) is 1.30. The lowest BCUT2D eigenvalue weighted by atomic mass is 9.92. The topological polar surface area (TPSA) is 63.8 Å². The highest BCUT2D eigenvalue weighted by Gasteiger charge is 2.18. The van der Waals surface area contributed by atoms with Gasteiger partial charge in [0.2, 0.25) is 5.95 Å². The van der Waals surface area contributed by atoms with Gasteiger partial charge in [-0.3, -0.25) is 0 Å². The molecule has 1 saturated carbocycles. The molecule has 1 fully saturated rings. The fourth-order valence-electron chi connectivity index (χ4n) is 1.83. The molecule has 82 valence electrons. The first-order valence-electron chi connectivity index (χ1n) is 5.23. The zero-order valence-corrected chi connectivity index (χ0v) is 8.49. The molecule has 5 heteroatoms. The molecule has 0 spiro atoms. The SMILES string of the molecule is N[C@H]1CC[C@H](Nc2ncc(F)cn2)CC1. The monoisotopic (exact) mass is 210 g/mol. The molecule has 2 rings (SSSR count). The molecule has 1 heterocycles. The largest absolute Gasteiger partial charge is 0.351 e. The Morgan fingerprint density at radius 1 is 1.20 bits per heavy atom. The van der Waals surface area contributed by atoms with E-state index < -0.39 is 5.82 Å². The van der Waals surface area contributed by atoms with E-state index in [9.17, 15) is 4.39 Å². The molecule has 0 unspecified atom stereocenters. The lowest BCUT2D eigenvalue weighted by molar-refractivity contribution is 0.409. The molecule has 3 N–H and O–H groups in total. The van der Waals surface area contributed by atoms with E-state index in [4.69, 9.17) is 5.73 Å². The molecule has 1 aromatic heterocycles. The predicted molar refractivity (Wildman–Crippen MR) is 55.8 cm³/mol. The Morgan fingerprint density at radius 3 is 2.40 bits per heavy atom. The number of rotatable bonds is 2. The maximum Gasteiger partial charge on any atom is 0.222 e. The first-order valence-corrected chi connectivity index (χ1v) is 5.23. The van der Waals surface area contributed by atoms with Gasteiger partial charge in [0, 0.05) is 12.1 Å². The maximum absolute atomic E-state index is 12.5. The lowest BCUT2D eigenvalue weighted by Crippen LogP contribution is -2.33. The van der Waals surface area contributed by atoms with Crippen molar-refractivity contribution >= 4 is 5.95 Å². The van der Waals surface area contributed by atoms with Crippen molar-refractivity contribution in [3.63, 3.8) is 0 Å². The summed E-state index contributed by atoms with van der Waals surface area (Å²) in [6.07, 6.45) is 6.45. The van der Waals surface area contributed by atoms with Crippen LogP contribution in [0, 0.1) is 5.82 Å². The molecule has 1 aliphatic carbocycles. The molecule has 4 nitrogen and oxygen atoms in total. The quantitative estimate of drug-likeness (QED) is 0.772. The van der Waals surface area contributed by atoms with Gasteiger partial charge in [-0.05, 0) is 25.7 Å². The van der Waals surface area contributed by atoms with Crippen LogP contribution in [-0.4, -0.2) is 22.1 Å². The minimum absolute atomic E-state index is 0.331. The van der Waals surface area contributed by atoms with E-state index in [2.05, 4.69) is 15.3 Å². The highest BCUT2D eigenvalue weighted by molar-refractivity contribution is 5.24. The smallest absolute Gasteiger partial charge is 0.222 e. The third kappa shape index (κ3) is 2.86. The fraction of sp³-hybridized carbons (Fsp3) is 0.600. The molecule has 0 aliphatic heterocycles. The maximum atomic E-state index is 12.5. The molecule has 0 aromatic carbocycles. The van der Waals surface area contributed by atoms with Gasteiger partial charge in [-0.2, -0.15) is 0 Å². The Balaban J connectivity index is 1.89. The van der Waals surface area contributed by atoms with E-state index in [-0.39, 0.29) is 0 Å². The van der Waals surface area contributed by atoms with Crippen molar-refractivity contribution in [1.82, 2.24) is 9.97 Å². The molecule has 0 radical (unpaired) electrons. The van der Waals surface area contributed by atoms with Crippen molar-refractivity contribution in [3.8, 4) is 0 Å². The van der Waals surface area contributed by atoms with Crippen molar-refractivity contribution < 1.29 is 4.39 Å². The number of nitrogens with zero attached hydrogens (tertiary/aromatic N) is 2. The Kier molecular flexibility index (Phi) is 3.11. The van der Waals surface area contributed by atoms with Crippen LogP contribution in [-0.2, 0) is 0 Å². The second-order valence-corrected chi connectivity index (χ2v) is 3.98. The van der Waals surface area contributed by atoms with Crippen molar-refractivity contribution in [2.24, 2.45) is 5.73 Å². The van der Waals surface area contributed by atoms with Gasteiger partial charge in [-0.15, -0.1) is 0 Å². The molecule has 0 saturated heterocycles. The van der Waals surface area contributed by atoms with Crippen LogP contribution in [0.5, 0.6) is 0 Å². The minimum atomic E-state index is -0.411. The molecule has 1 aromatic rings. The highest BCUT2D eigenvalue weighted by Crippen LogP contribution is 2.19. The molecule has 0 atom stereocenters. The second-order valence-electron chi connectivity index (χ2n) is 3.98. The Morgan fingerprint density at radius 2 is 1.80 bits per heavy atom. The molecular formula is C10H15FN4. The highest BCUT2D eigenvalue weighted by atomic mass is 19.1. The molecule has 1 aliphatic rings. The van der Waals surface area contributed by atoms with Crippen LogP contribution in [0.15, 0.2) is 12.4 Å². The van der Waals surface area contributed by atoms with Gasteiger partial charge in [0.25, 0.3) is 0 Å². The van der Waals surface area contributed by atoms with Gasteiger partial charge in [-0.25, -0.2) is 14.4 Å². The number of nitrogens with one attached hydrogen (secondary N) is 1. The number of nitrogens with two attached hydrogens (primary N) is 1. The molecular weight excluding hydrogens is 195 g/mol. The summed E-state index contributed by atoms with van der Waals surface area (Å²) in [6.45, 7) is 0. The third-order valence-electron chi connectivity index (χ3n) is 2.73. The van der Waals surface area contributed by atoms with Gasteiger partial charge >= 0.3 is 0 Å². The average molecular weight is 210 g/mol. The minimum Gasteiger partial charge on any atom is -0.351 e. The first-order chi connectivity index (χ1) is 7.24. The van der Waals surface area contributed by atoms with Crippen molar-refractivity contribution in [3.05, 3.63) is 18.2 Å². The number of hydrogen-bond acceptors (Lipinski definition) is 4. The van der Waals surface area contributed by atoms with E-state index >= 15 is 0 Å². The summed E-state index contributed by atoms with van der Waals surface area (Å²) < 4.78 is 12.5. The number of halogens is 1. The fourth-order valence-corrected chi connectivity index (χ4v) is 1.83. The van der Waals surface area contributed by atoms with E-state index in [0.717, 1.165) is 25.7 Å².